The number of halogens is 2. The molecule has 6 heteroatoms. The molecule has 1 fully saturated rings. The van der Waals surface area contributed by atoms with Gasteiger partial charge in [-0.1, -0.05) is 6.07 Å². The predicted molar refractivity (Wildman–Crippen MR) is 58.1 cm³/mol. The van der Waals surface area contributed by atoms with Crippen LogP contribution in [0.1, 0.15) is 24.1 Å². The van der Waals surface area contributed by atoms with Crippen molar-refractivity contribution in [2.45, 2.75) is 30.8 Å². The van der Waals surface area contributed by atoms with Gasteiger partial charge in [0.15, 0.2) is 5.60 Å². The third-order valence-electron chi connectivity index (χ3n) is 3.22. The number of hydrogen-bond acceptors (Lipinski definition) is 3. The van der Waals surface area contributed by atoms with E-state index in [2.05, 4.69) is 0 Å². The van der Waals surface area contributed by atoms with Crippen molar-refractivity contribution in [3.63, 3.8) is 0 Å². The van der Waals surface area contributed by atoms with Crippen LogP contribution in [0.25, 0.3) is 0 Å². The van der Waals surface area contributed by atoms with Crippen molar-refractivity contribution >= 4 is 17.3 Å². The Morgan fingerprint density at radius 1 is 1.59 bits per heavy atom. The van der Waals surface area contributed by atoms with E-state index in [-0.39, 0.29) is 17.7 Å². The van der Waals surface area contributed by atoms with Gasteiger partial charge in [-0.2, -0.15) is 0 Å². The number of hydrogen-bond donors (Lipinski definition) is 2. The lowest BCUT2D eigenvalue weighted by molar-refractivity contribution is -0.167. The summed E-state index contributed by atoms with van der Waals surface area (Å²) in [6.45, 7) is 0. The molecular formula is C11H12F2O3S. The molecule has 0 aromatic carbocycles. The van der Waals surface area contributed by atoms with Crippen molar-refractivity contribution in [2.75, 3.05) is 0 Å². The molecular weight excluding hydrogens is 250 g/mol. The molecule has 0 spiro atoms. The van der Waals surface area contributed by atoms with E-state index in [1.807, 2.05) is 0 Å². The summed E-state index contributed by atoms with van der Waals surface area (Å²) in [7, 11) is 0. The summed E-state index contributed by atoms with van der Waals surface area (Å²) in [5, 5.41) is 21.0. The van der Waals surface area contributed by atoms with Crippen LogP contribution in [-0.2, 0) is 10.4 Å². The van der Waals surface area contributed by atoms with Crippen LogP contribution in [0.3, 0.4) is 0 Å². The van der Waals surface area contributed by atoms with Gasteiger partial charge in [0.05, 0.1) is 0 Å². The van der Waals surface area contributed by atoms with Gasteiger partial charge in [-0.3, -0.25) is 0 Å². The van der Waals surface area contributed by atoms with Crippen LogP contribution < -0.4 is 0 Å². The predicted octanol–water partition coefficient (Wildman–Crippen LogP) is 2.46. The minimum absolute atomic E-state index is 0.0215. The van der Waals surface area contributed by atoms with Crippen LogP contribution in [0.15, 0.2) is 17.5 Å². The first-order valence-corrected chi connectivity index (χ1v) is 6.12. The zero-order chi connectivity index (χ0) is 12.7. The summed E-state index contributed by atoms with van der Waals surface area (Å²) in [4.78, 5) is 11.4. The summed E-state index contributed by atoms with van der Waals surface area (Å²) in [5.74, 6) is -5.26. The summed E-state index contributed by atoms with van der Waals surface area (Å²) in [6, 6.07) is 3.07. The zero-order valence-electron chi connectivity index (χ0n) is 8.90. The first kappa shape index (κ1) is 12.4. The first-order valence-electron chi connectivity index (χ1n) is 5.24. The van der Waals surface area contributed by atoms with Gasteiger partial charge in [-0.15, -0.1) is 11.3 Å². The topological polar surface area (TPSA) is 57.5 Å². The number of rotatable bonds is 3. The third-order valence-corrected chi connectivity index (χ3v) is 4.21. The van der Waals surface area contributed by atoms with Gasteiger partial charge in [0.25, 0.3) is 0 Å². The van der Waals surface area contributed by atoms with Gasteiger partial charge in [-0.05, 0) is 17.9 Å². The van der Waals surface area contributed by atoms with E-state index in [1.165, 1.54) is 6.07 Å². The number of aliphatic carboxylic acids is 1. The molecule has 2 rings (SSSR count). The highest BCUT2D eigenvalue weighted by atomic mass is 32.1. The van der Waals surface area contributed by atoms with E-state index in [0.29, 0.717) is 0 Å². The molecule has 1 unspecified atom stereocenters. The average Bonchev–Trinajstić information content (AvgIpc) is 2.85. The Morgan fingerprint density at radius 3 is 2.71 bits per heavy atom. The van der Waals surface area contributed by atoms with E-state index < -0.39 is 29.8 Å². The standard InChI is InChI=1S/C11H12F2O3S/c12-10(13)4-3-7(6-10)11(16,9(14)15)8-2-1-5-17-8/h1-2,5,7,16H,3-4,6H2,(H,14,15)/t7-,11?/m1/s1. The lowest BCUT2D eigenvalue weighted by atomic mass is 9.84. The van der Waals surface area contributed by atoms with Crippen LogP contribution in [0.4, 0.5) is 8.78 Å². The fraction of sp³-hybridized carbons (Fsp3) is 0.545. The van der Waals surface area contributed by atoms with E-state index >= 15 is 0 Å². The maximum Gasteiger partial charge on any atom is 0.341 e. The highest BCUT2D eigenvalue weighted by Crippen LogP contribution is 2.48. The normalized spacial score (nSPS) is 26.6. The van der Waals surface area contributed by atoms with Gasteiger partial charge < -0.3 is 10.2 Å². The SMILES string of the molecule is O=C(O)C(O)(c1cccs1)[C@@H]1CCC(F)(F)C1. The van der Waals surface area contributed by atoms with Crippen molar-refractivity contribution in [2.24, 2.45) is 5.92 Å². The Kier molecular flexibility index (Phi) is 2.95. The highest BCUT2D eigenvalue weighted by molar-refractivity contribution is 7.10. The Bertz CT molecular complexity index is 418. The van der Waals surface area contributed by atoms with Gasteiger partial charge >= 0.3 is 5.97 Å². The average molecular weight is 262 g/mol. The van der Waals surface area contributed by atoms with E-state index in [0.717, 1.165) is 11.3 Å². The maximum atomic E-state index is 13.1. The Morgan fingerprint density at radius 2 is 2.29 bits per heavy atom. The van der Waals surface area contributed by atoms with Crippen molar-refractivity contribution in [1.29, 1.82) is 0 Å². The summed E-state index contributed by atoms with van der Waals surface area (Å²) in [6.07, 6.45) is -0.917. The lowest BCUT2D eigenvalue weighted by Gasteiger charge is -2.28. The Hall–Kier alpha value is -1.01. The molecule has 0 bridgehead atoms. The molecule has 1 aliphatic rings. The van der Waals surface area contributed by atoms with Crippen molar-refractivity contribution < 1.29 is 23.8 Å². The van der Waals surface area contributed by atoms with Crippen molar-refractivity contribution in [3.05, 3.63) is 22.4 Å². The minimum Gasteiger partial charge on any atom is -0.479 e. The molecule has 1 saturated carbocycles. The number of alkyl halides is 2. The fourth-order valence-corrected chi connectivity index (χ4v) is 3.18. The molecule has 17 heavy (non-hydrogen) atoms. The molecule has 1 aromatic heterocycles. The second kappa shape index (κ2) is 4.03. The number of aliphatic hydroxyl groups is 1. The first-order chi connectivity index (χ1) is 7.86. The van der Waals surface area contributed by atoms with E-state index in [4.69, 9.17) is 5.11 Å². The van der Waals surface area contributed by atoms with Crippen LogP contribution >= 0.6 is 11.3 Å². The lowest BCUT2D eigenvalue weighted by Crippen LogP contribution is -2.42. The van der Waals surface area contributed by atoms with E-state index in [9.17, 15) is 18.7 Å². The van der Waals surface area contributed by atoms with Crippen LogP contribution in [-0.4, -0.2) is 22.1 Å². The van der Waals surface area contributed by atoms with Crippen LogP contribution in [0.2, 0.25) is 0 Å². The van der Waals surface area contributed by atoms with Crippen molar-refractivity contribution in [3.8, 4) is 0 Å². The fourth-order valence-electron chi connectivity index (χ4n) is 2.28. The molecule has 1 heterocycles. The summed E-state index contributed by atoms with van der Waals surface area (Å²) < 4.78 is 26.3. The third kappa shape index (κ3) is 2.07. The minimum atomic E-state index is -2.87. The zero-order valence-corrected chi connectivity index (χ0v) is 9.71. The molecule has 0 radical (unpaired) electrons. The van der Waals surface area contributed by atoms with Crippen molar-refractivity contribution in [1.82, 2.24) is 0 Å². The van der Waals surface area contributed by atoms with Gasteiger partial charge in [0, 0.05) is 23.6 Å². The van der Waals surface area contributed by atoms with Crippen LogP contribution in [0.5, 0.6) is 0 Å². The molecule has 2 atom stereocenters. The largest absolute Gasteiger partial charge is 0.479 e. The highest BCUT2D eigenvalue weighted by Gasteiger charge is 2.54. The Labute approximate surface area is 101 Å². The van der Waals surface area contributed by atoms with Gasteiger partial charge in [0.2, 0.25) is 5.92 Å². The molecule has 2 N–H and O–H groups in total. The van der Waals surface area contributed by atoms with E-state index in [1.54, 1.807) is 11.4 Å². The molecule has 0 aliphatic heterocycles. The Balaban J connectivity index is 2.34. The molecule has 1 aliphatic carbocycles. The molecule has 3 nitrogen and oxygen atoms in total. The number of carboxylic acid groups (broad SMARTS) is 1. The van der Waals surface area contributed by atoms with Gasteiger partial charge in [-0.25, -0.2) is 13.6 Å². The van der Waals surface area contributed by atoms with Crippen LogP contribution in [0, 0.1) is 5.92 Å². The molecule has 0 amide bonds. The second-order valence-corrected chi connectivity index (χ2v) is 5.29. The summed E-state index contributed by atoms with van der Waals surface area (Å²) >= 11 is 1.07. The number of carboxylic acids is 1. The monoisotopic (exact) mass is 262 g/mol. The molecule has 94 valence electrons. The summed E-state index contributed by atoms with van der Waals surface area (Å²) in [5.41, 5.74) is -2.19. The number of thiophene rings is 1. The molecule has 1 aromatic rings. The van der Waals surface area contributed by atoms with Gasteiger partial charge in [0.1, 0.15) is 0 Å². The number of carbonyl (C=O) groups is 1. The second-order valence-electron chi connectivity index (χ2n) is 4.34. The smallest absolute Gasteiger partial charge is 0.341 e. The maximum absolute atomic E-state index is 13.1. The quantitative estimate of drug-likeness (QED) is 0.879. The molecule has 0 saturated heterocycles.